The number of hydrogen-bond donors (Lipinski definition) is 1. The van der Waals surface area contributed by atoms with Gasteiger partial charge < -0.3 is 5.32 Å². The summed E-state index contributed by atoms with van der Waals surface area (Å²) in [5.74, 6) is 2.25. The van der Waals surface area contributed by atoms with Crippen LogP contribution in [0.4, 0.5) is 0 Å². The molecular formula is C16H22N4. The largest absolute Gasteiger partial charge is 0.312 e. The lowest BCUT2D eigenvalue weighted by molar-refractivity contribution is 0.550. The quantitative estimate of drug-likeness (QED) is 0.877. The summed E-state index contributed by atoms with van der Waals surface area (Å²) in [6.45, 7) is 6.40. The lowest BCUT2D eigenvalue weighted by Crippen LogP contribution is -2.19. The molecule has 2 aromatic heterocycles. The Kier molecular flexibility index (Phi) is 3.83. The first-order valence-electron chi connectivity index (χ1n) is 7.44. The number of pyridine rings is 1. The van der Waals surface area contributed by atoms with Crippen LogP contribution in [0.25, 0.3) is 5.82 Å². The number of nitrogens with zero attached hydrogens (tertiary/aromatic N) is 3. The van der Waals surface area contributed by atoms with Crippen molar-refractivity contribution in [1.29, 1.82) is 0 Å². The number of rotatable bonds is 6. The van der Waals surface area contributed by atoms with Crippen molar-refractivity contribution >= 4 is 0 Å². The van der Waals surface area contributed by atoms with E-state index in [1.165, 1.54) is 24.1 Å². The number of nitrogens with one attached hydrogen (secondary N) is 1. The molecular weight excluding hydrogens is 248 g/mol. The molecule has 0 radical (unpaired) electrons. The number of aromatic nitrogens is 3. The topological polar surface area (TPSA) is 42.7 Å². The van der Waals surface area contributed by atoms with Crippen LogP contribution in [0.2, 0.25) is 0 Å². The van der Waals surface area contributed by atoms with Crippen LogP contribution in [0, 0.1) is 5.92 Å². The van der Waals surface area contributed by atoms with Gasteiger partial charge in [0.25, 0.3) is 0 Å². The molecule has 2 heterocycles. The lowest BCUT2D eigenvalue weighted by atomic mass is 10.1. The molecule has 0 saturated heterocycles. The molecule has 1 fully saturated rings. The lowest BCUT2D eigenvalue weighted by Gasteiger charge is -2.10. The molecule has 0 spiro atoms. The van der Waals surface area contributed by atoms with E-state index in [1.54, 1.807) is 0 Å². The minimum absolute atomic E-state index is 0.662. The normalized spacial score (nSPS) is 14.9. The molecule has 0 amide bonds. The van der Waals surface area contributed by atoms with E-state index in [2.05, 4.69) is 29.2 Å². The van der Waals surface area contributed by atoms with Crippen molar-refractivity contribution < 1.29 is 0 Å². The molecule has 3 rings (SSSR count). The summed E-state index contributed by atoms with van der Waals surface area (Å²) in [5.41, 5.74) is 2.67. The maximum atomic E-state index is 4.56. The summed E-state index contributed by atoms with van der Waals surface area (Å²) >= 11 is 0. The molecule has 106 valence electrons. The van der Waals surface area contributed by atoms with Crippen LogP contribution < -0.4 is 5.32 Å². The molecule has 0 atom stereocenters. The summed E-state index contributed by atoms with van der Waals surface area (Å²) in [6, 6.07) is 5.97. The van der Waals surface area contributed by atoms with E-state index in [9.17, 15) is 0 Å². The molecule has 0 bridgehead atoms. The molecule has 0 aromatic carbocycles. The summed E-state index contributed by atoms with van der Waals surface area (Å²) < 4.78 is 2.02. The first-order valence-corrected chi connectivity index (χ1v) is 7.44. The predicted molar refractivity (Wildman–Crippen MR) is 79.9 cm³/mol. The van der Waals surface area contributed by atoms with Gasteiger partial charge in [0.1, 0.15) is 0 Å². The zero-order valence-corrected chi connectivity index (χ0v) is 12.2. The molecule has 1 saturated carbocycles. The minimum atomic E-state index is 0.662. The molecule has 20 heavy (non-hydrogen) atoms. The molecule has 1 aliphatic rings. The standard InChI is InChI=1S/C16H22N4/c1-12(2)9-17-10-14-11-19-20(16(14)13-6-7-13)15-5-3-4-8-18-15/h3-5,8,11-13,17H,6-7,9-10H2,1-2H3. The van der Waals surface area contributed by atoms with E-state index in [-0.39, 0.29) is 0 Å². The fraction of sp³-hybridized carbons (Fsp3) is 0.500. The Hall–Kier alpha value is -1.68. The van der Waals surface area contributed by atoms with Crippen LogP contribution in [0.5, 0.6) is 0 Å². The van der Waals surface area contributed by atoms with Gasteiger partial charge >= 0.3 is 0 Å². The maximum Gasteiger partial charge on any atom is 0.153 e. The highest BCUT2D eigenvalue weighted by Gasteiger charge is 2.30. The van der Waals surface area contributed by atoms with Crippen molar-refractivity contribution in [3.05, 3.63) is 41.9 Å². The van der Waals surface area contributed by atoms with Gasteiger partial charge in [-0.3, -0.25) is 0 Å². The van der Waals surface area contributed by atoms with Crippen LogP contribution in [-0.2, 0) is 6.54 Å². The van der Waals surface area contributed by atoms with Crippen molar-refractivity contribution in [1.82, 2.24) is 20.1 Å². The van der Waals surface area contributed by atoms with E-state index in [1.807, 2.05) is 35.3 Å². The fourth-order valence-electron chi connectivity index (χ4n) is 2.48. The monoisotopic (exact) mass is 270 g/mol. The fourth-order valence-corrected chi connectivity index (χ4v) is 2.48. The minimum Gasteiger partial charge on any atom is -0.312 e. The summed E-state index contributed by atoms with van der Waals surface area (Å²) in [5, 5.41) is 8.07. The third-order valence-corrected chi connectivity index (χ3v) is 3.58. The number of hydrogen-bond acceptors (Lipinski definition) is 3. The van der Waals surface area contributed by atoms with Crippen LogP contribution in [0.15, 0.2) is 30.6 Å². The first-order chi connectivity index (χ1) is 9.75. The van der Waals surface area contributed by atoms with Crippen molar-refractivity contribution in [2.45, 2.75) is 39.2 Å². The van der Waals surface area contributed by atoms with Crippen LogP contribution >= 0.6 is 0 Å². The third-order valence-electron chi connectivity index (χ3n) is 3.58. The Bertz CT molecular complexity index is 555. The van der Waals surface area contributed by atoms with Gasteiger partial charge in [-0.25, -0.2) is 9.67 Å². The predicted octanol–water partition coefficient (Wildman–Crippen LogP) is 2.89. The SMILES string of the molecule is CC(C)CNCc1cnn(-c2ccccn2)c1C1CC1. The second kappa shape index (κ2) is 5.75. The highest BCUT2D eigenvalue weighted by molar-refractivity contribution is 5.33. The van der Waals surface area contributed by atoms with Gasteiger partial charge in [-0.15, -0.1) is 0 Å². The Morgan fingerprint density at radius 3 is 2.85 bits per heavy atom. The zero-order valence-electron chi connectivity index (χ0n) is 12.2. The van der Waals surface area contributed by atoms with Crippen LogP contribution in [0.1, 0.15) is 43.9 Å². The Balaban J connectivity index is 1.83. The van der Waals surface area contributed by atoms with Crippen molar-refractivity contribution in [2.24, 2.45) is 5.92 Å². The van der Waals surface area contributed by atoms with Crippen molar-refractivity contribution in [3.8, 4) is 5.82 Å². The molecule has 0 aliphatic heterocycles. The van der Waals surface area contributed by atoms with E-state index >= 15 is 0 Å². The van der Waals surface area contributed by atoms with Gasteiger partial charge in [0.05, 0.1) is 11.9 Å². The Morgan fingerprint density at radius 1 is 1.35 bits per heavy atom. The average Bonchev–Trinajstić information content (AvgIpc) is 3.20. The van der Waals surface area contributed by atoms with Crippen LogP contribution in [-0.4, -0.2) is 21.3 Å². The Morgan fingerprint density at radius 2 is 2.20 bits per heavy atom. The van der Waals surface area contributed by atoms with Gasteiger partial charge in [-0.05, 0) is 37.4 Å². The van der Waals surface area contributed by atoms with Crippen molar-refractivity contribution in [2.75, 3.05) is 6.54 Å². The molecule has 1 aliphatic carbocycles. The highest BCUT2D eigenvalue weighted by Crippen LogP contribution is 2.42. The van der Waals surface area contributed by atoms with Gasteiger partial charge in [-0.1, -0.05) is 19.9 Å². The summed E-state index contributed by atoms with van der Waals surface area (Å²) in [4.78, 5) is 4.42. The maximum absolute atomic E-state index is 4.56. The second-order valence-corrected chi connectivity index (χ2v) is 5.95. The average molecular weight is 270 g/mol. The summed E-state index contributed by atoms with van der Waals surface area (Å²) in [6.07, 6.45) is 6.37. The van der Waals surface area contributed by atoms with E-state index < -0.39 is 0 Å². The zero-order chi connectivity index (χ0) is 13.9. The molecule has 0 unspecified atom stereocenters. The van der Waals surface area contributed by atoms with E-state index in [0.29, 0.717) is 11.8 Å². The molecule has 4 nitrogen and oxygen atoms in total. The molecule has 4 heteroatoms. The first kappa shape index (κ1) is 13.3. The third kappa shape index (κ3) is 2.90. The van der Waals surface area contributed by atoms with Gasteiger partial charge in [-0.2, -0.15) is 5.10 Å². The van der Waals surface area contributed by atoms with Gasteiger partial charge in [0.2, 0.25) is 0 Å². The van der Waals surface area contributed by atoms with E-state index in [0.717, 1.165) is 18.9 Å². The van der Waals surface area contributed by atoms with Crippen molar-refractivity contribution in [3.63, 3.8) is 0 Å². The highest BCUT2D eigenvalue weighted by atomic mass is 15.3. The van der Waals surface area contributed by atoms with Gasteiger partial charge in [0.15, 0.2) is 5.82 Å². The second-order valence-electron chi connectivity index (χ2n) is 5.95. The Labute approximate surface area is 120 Å². The van der Waals surface area contributed by atoms with E-state index in [4.69, 9.17) is 0 Å². The smallest absolute Gasteiger partial charge is 0.153 e. The van der Waals surface area contributed by atoms with Crippen LogP contribution in [0.3, 0.4) is 0 Å². The summed E-state index contributed by atoms with van der Waals surface area (Å²) in [7, 11) is 0. The molecule has 1 N–H and O–H groups in total. The molecule has 2 aromatic rings. The van der Waals surface area contributed by atoms with Gasteiger partial charge in [0, 0.05) is 24.2 Å².